The minimum Gasteiger partial charge on any atom is -0.378 e. The highest BCUT2D eigenvalue weighted by atomic mass is 16.5. The van der Waals surface area contributed by atoms with E-state index in [0.717, 1.165) is 18.4 Å². The van der Waals surface area contributed by atoms with Crippen LogP contribution in [0.1, 0.15) is 71.1 Å². The first-order valence-corrected chi connectivity index (χ1v) is 9.66. The first kappa shape index (κ1) is 18.3. The molecule has 0 aromatic heterocycles. The predicted octanol–water partition coefficient (Wildman–Crippen LogP) is 5.80. The van der Waals surface area contributed by atoms with Gasteiger partial charge in [-0.3, -0.25) is 0 Å². The maximum atomic E-state index is 8.46. The van der Waals surface area contributed by atoms with Gasteiger partial charge in [-0.25, -0.2) is 0 Å². The van der Waals surface area contributed by atoms with Gasteiger partial charge in [-0.05, 0) is 56.3 Å². The fourth-order valence-corrected chi connectivity index (χ4v) is 4.13. The van der Waals surface area contributed by atoms with Crippen LogP contribution in [-0.4, -0.2) is 12.7 Å². The number of ether oxygens (including phenoxy) is 1. The van der Waals surface area contributed by atoms with Gasteiger partial charge in [0, 0.05) is 12.7 Å². The number of nitriles is 1. The van der Waals surface area contributed by atoms with E-state index >= 15 is 0 Å². The van der Waals surface area contributed by atoms with Crippen molar-refractivity contribution < 1.29 is 4.74 Å². The number of hydrogen-bond donors (Lipinski definition) is 0. The van der Waals surface area contributed by atoms with Gasteiger partial charge in [0.25, 0.3) is 0 Å². The Morgan fingerprint density at radius 1 is 0.957 bits per heavy atom. The number of hydrogen-bond acceptors (Lipinski definition) is 2. The zero-order chi connectivity index (χ0) is 16.3. The van der Waals surface area contributed by atoms with Crippen molar-refractivity contribution in [2.45, 2.75) is 77.2 Å². The maximum Gasteiger partial charge on any atom is 0.0912 e. The molecule has 2 rings (SSSR count). The number of rotatable bonds is 7. The second-order valence-electron chi connectivity index (χ2n) is 7.42. The normalized spacial score (nSPS) is 32.3. The van der Waals surface area contributed by atoms with Crippen LogP contribution in [0.2, 0.25) is 0 Å². The van der Waals surface area contributed by atoms with Gasteiger partial charge < -0.3 is 4.74 Å². The summed E-state index contributed by atoms with van der Waals surface area (Å²) in [7, 11) is 0. The molecule has 0 unspecified atom stereocenters. The zero-order valence-corrected chi connectivity index (χ0v) is 14.8. The maximum absolute atomic E-state index is 8.46. The molecule has 0 amide bonds. The van der Waals surface area contributed by atoms with Crippen LogP contribution in [0.25, 0.3) is 0 Å². The quantitative estimate of drug-likeness (QED) is 0.439. The summed E-state index contributed by atoms with van der Waals surface area (Å²) in [5, 5.41) is 8.46. The van der Waals surface area contributed by atoms with Gasteiger partial charge in [0.2, 0.25) is 0 Å². The molecule has 0 spiro atoms. The van der Waals surface area contributed by atoms with Gasteiger partial charge in [0.1, 0.15) is 0 Å². The van der Waals surface area contributed by atoms with Gasteiger partial charge in [0.15, 0.2) is 0 Å². The zero-order valence-electron chi connectivity index (χ0n) is 14.8. The van der Waals surface area contributed by atoms with Crippen LogP contribution in [0, 0.1) is 29.1 Å². The van der Waals surface area contributed by atoms with Gasteiger partial charge in [-0.15, -0.1) is 0 Å². The van der Waals surface area contributed by atoms with Gasteiger partial charge in [-0.2, -0.15) is 5.26 Å². The van der Waals surface area contributed by atoms with Crippen molar-refractivity contribution in [1.29, 1.82) is 5.26 Å². The van der Waals surface area contributed by atoms with E-state index in [4.69, 9.17) is 10.00 Å². The first-order valence-electron chi connectivity index (χ1n) is 9.66. The Morgan fingerprint density at radius 3 is 2.30 bits per heavy atom. The third-order valence-corrected chi connectivity index (χ3v) is 5.61. The minimum absolute atomic E-state index is 0.489. The molecule has 0 aliphatic heterocycles. The molecule has 0 heterocycles. The van der Waals surface area contributed by atoms with Crippen LogP contribution in [-0.2, 0) is 4.74 Å². The molecule has 2 nitrogen and oxygen atoms in total. The topological polar surface area (TPSA) is 33.0 Å². The fourth-order valence-electron chi connectivity index (χ4n) is 4.13. The average Bonchev–Trinajstić information content (AvgIpc) is 2.59. The van der Waals surface area contributed by atoms with E-state index in [1.54, 1.807) is 0 Å². The molecule has 0 bridgehead atoms. The summed E-state index contributed by atoms with van der Waals surface area (Å²) in [6, 6.07) is 2.02. The Labute approximate surface area is 142 Å². The van der Waals surface area contributed by atoms with Crippen LogP contribution >= 0.6 is 0 Å². The second kappa shape index (κ2) is 10.7. The largest absolute Gasteiger partial charge is 0.378 e. The van der Waals surface area contributed by atoms with Crippen molar-refractivity contribution in [2.24, 2.45) is 17.8 Å². The van der Waals surface area contributed by atoms with Gasteiger partial charge in [-0.1, -0.05) is 50.8 Å². The van der Waals surface area contributed by atoms with Crippen LogP contribution in [0.4, 0.5) is 0 Å². The van der Waals surface area contributed by atoms with E-state index in [1.807, 2.05) is 18.2 Å². The molecule has 0 atom stereocenters. The molecule has 2 saturated carbocycles. The van der Waals surface area contributed by atoms with Crippen molar-refractivity contribution in [2.75, 3.05) is 6.61 Å². The van der Waals surface area contributed by atoms with E-state index < -0.39 is 0 Å². The van der Waals surface area contributed by atoms with E-state index in [2.05, 4.69) is 13.0 Å². The molecule has 2 fully saturated rings. The molecule has 0 aromatic rings. The Bertz CT molecular complexity index is 404. The van der Waals surface area contributed by atoms with E-state index in [9.17, 15) is 0 Å². The molecule has 0 N–H and O–H groups in total. The highest BCUT2D eigenvalue weighted by Crippen LogP contribution is 2.33. The van der Waals surface area contributed by atoms with E-state index in [0.29, 0.717) is 12.0 Å². The summed E-state index contributed by atoms with van der Waals surface area (Å²) in [6.07, 6.45) is 21.3. The summed E-state index contributed by atoms with van der Waals surface area (Å²) >= 11 is 0. The molecule has 0 aromatic carbocycles. The molecular weight excluding hydrogens is 282 g/mol. The highest BCUT2D eigenvalue weighted by Gasteiger charge is 2.24. The lowest BCUT2D eigenvalue weighted by atomic mass is 9.80. The third kappa shape index (κ3) is 6.92. The molecule has 2 aliphatic rings. The summed E-state index contributed by atoms with van der Waals surface area (Å²) < 4.78 is 6.23. The predicted molar refractivity (Wildman–Crippen MR) is 95.9 cm³/mol. The molecule has 0 radical (unpaired) electrons. The minimum atomic E-state index is 0.489. The Hall–Kier alpha value is -1.07. The smallest absolute Gasteiger partial charge is 0.0912 e. The molecule has 2 heteroatoms. The summed E-state index contributed by atoms with van der Waals surface area (Å²) in [4.78, 5) is 0. The van der Waals surface area contributed by atoms with Crippen molar-refractivity contribution in [1.82, 2.24) is 0 Å². The summed E-state index contributed by atoms with van der Waals surface area (Å²) in [6.45, 7) is 3.30. The van der Waals surface area contributed by atoms with Crippen molar-refractivity contribution in [3.63, 3.8) is 0 Å². The van der Waals surface area contributed by atoms with Crippen LogP contribution in [0.3, 0.4) is 0 Å². The lowest BCUT2D eigenvalue weighted by Crippen LogP contribution is -2.25. The molecular formula is C21H33NO. The standard InChI is InChI=1S/C21H33NO/c1-2-6-18-8-10-20(11-9-18)17-23-21-14-12-19(13-15-21)7-4-3-5-16-22/h3-5,7,18-21H,2,6,8-15,17H2,1H3/b5-3+,7-4+/t18-,19-,20-,21-. The second-order valence-corrected chi connectivity index (χ2v) is 7.42. The number of nitrogens with zero attached hydrogens (tertiary/aromatic N) is 1. The number of allylic oxidation sites excluding steroid dienone is 4. The summed E-state index contributed by atoms with van der Waals surface area (Å²) in [5.41, 5.74) is 0. The lowest BCUT2D eigenvalue weighted by molar-refractivity contribution is -0.00659. The van der Waals surface area contributed by atoms with Crippen molar-refractivity contribution in [3.05, 3.63) is 24.3 Å². The SMILES string of the molecule is CCC[C@H]1CC[C@H](CO[C@H]2CC[C@H](/C=C/C=C/C#N)CC2)CC1. The Kier molecular flexibility index (Phi) is 8.47. The lowest BCUT2D eigenvalue weighted by Gasteiger charge is -2.31. The Morgan fingerprint density at radius 2 is 1.65 bits per heavy atom. The molecule has 0 saturated heterocycles. The fraction of sp³-hybridized carbons (Fsp3) is 0.762. The molecule has 128 valence electrons. The monoisotopic (exact) mass is 315 g/mol. The molecule has 23 heavy (non-hydrogen) atoms. The molecule has 2 aliphatic carbocycles. The Balaban J connectivity index is 1.57. The van der Waals surface area contributed by atoms with Gasteiger partial charge >= 0.3 is 0 Å². The first-order chi connectivity index (χ1) is 11.3. The van der Waals surface area contributed by atoms with Crippen LogP contribution < -0.4 is 0 Å². The van der Waals surface area contributed by atoms with E-state index in [1.165, 1.54) is 70.3 Å². The van der Waals surface area contributed by atoms with Crippen molar-refractivity contribution >= 4 is 0 Å². The van der Waals surface area contributed by atoms with Crippen molar-refractivity contribution in [3.8, 4) is 6.07 Å². The third-order valence-electron chi connectivity index (χ3n) is 5.61. The highest BCUT2D eigenvalue weighted by molar-refractivity contribution is 5.12. The van der Waals surface area contributed by atoms with Crippen LogP contribution in [0.5, 0.6) is 0 Å². The summed E-state index contributed by atoms with van der Waals surface area (Å²) in [5.74, 6) is 2.48. The average molecular weight is 316 g/mol. The van der Waals surface area contributed by atoms with Crippen LogP contribution in [0.15, 0.2) is 24.3 Å². The van der Waals surface area contributed by atoms with Gasteiger partial charge in [0.05, 0.1) is 12.2 Å². The van der Waals surface area contributed by atoms with E-state index in [-0.39, 0.29) is 0 Å².